The number of carbonyl (C=O) groups is 3. The second-order valence-corrected chi connectivity index (χ2v) is 23.1. The molecule has 5 aromatic rings. The van der Waals surface area contributed by atoms with Crippen molar-refractivity contribution in [3.63, 3.8) is 0 Å². The van der Waals surface area contributed by atoms with Crippen molar-refractivity contribution in [2.75, 3.05) is 34.0 Å². The maximum Gasteiger partial charge on any atom is 0.408 e. The first-order valence-electron chi connectivity index (χ1n) is 23.4. The molecular formula is C54H68N4O9Si. The van der Waals surface area contributed by atoms with E-state index in [0.717, 1.165) is 61.7 Å². The number of nitrogens with one attached hydrogen (secondary N) is 1. The third-order valence-electron chi connectivity index (χ3n) is 11.3. The molecule has 0 aliphatic heterocycles. The van der Waals surface area contributed by atoms with Crippen LogP contribution in [0.1, 0.15) is 119 Å². The molecule has 1 atom stereocenters. The summed E-state index contributed by atoms with van der Waals surface area (Å²) in [6.45, 7) is 13.5. The maximum atomic E-state index is 13.3. The van der Waals surface area contributed by atoms with E-state index in [4.69, 9.17) is 34.5 Å². The van der Waals surface area contributed by atoms with Gasteiger partial charge >= 0.3 is 18.0 Å². The Hall–Kier alpha value is -6.43. The van der Waals surface area contributed by atoms with Crippen molar-refractivity contribution in [2.24, 2.45) is 0 Å². The molecule has 1 amide bonds. The number of terminal acetylenes is 1. The molecule has 4 aromatic carbocycles. The van der Waals surface area contributed by atoms with Gasteiger partial charge < -0.3 is 33.4 Å². The minimum absolute atomic E-state index is 0.167. The number of esters is 2. The van der Waals surface area contributed by atoms with Crippen LogP contribution in [-0.4, -0.2) is 87.0 Å². The van der Waals surface area contributed by atoms with E-state index in [2.05, 4.69) is 66.6 Å². The molecule has 0 unspecified atom stereocenters. The van der Waals surface area contributed by atoms with Crippen molar-refractivity contribution in [1.82, 2.24) is 20.3 Å². The van der Waals surface area contributed by atoms with Crippen LogP contribution in [0, 0.1) is 12.3 Å². The molecule has 0 bridgehead atoms. The Morgan fingerprint density at radius 2 is 1.22 bits per heavy atom. The zero-order chi connectivity index (χ0) is 49.2. The van der Waals surface area contributed by atoms with Gasteiger partial charge in [-0.05, 0) is 85.4 Å². The fourth-order valence-electron chi connectivity index (χ4n) is 8.06. The van der Waals surface area contributed by atoms with Crippen LogP contribution >= 0.6 is 0 Å². The predicted molar refractivity (Wildman–Crippen MR) is 267 cm³/mol. The number of unbranched alkanes of at least 4 members (excludes halogenated alkanes) is 7. The molecule has 1 N–H and O–H groups in total. The summed E-state index contributed by atoms with van der Waals surface area (Å²) in [4.78, 5) is 38.1. The second-order valence-electron chi connectivity index (χ2n) is 18.8. The molecule has 0 radical (unpaired) electrons. The number of amides is 1. The summed E-state index contributed by atoms with van der Waals surface area (Å²) < 4.78 is 36.5. The van der Waals surface area contributed by atoms with E-state index >= 15 is 0 Å². The number of hydrogen-bond acceptors (Lipinski definition) is 11. The highest BCUT2D eigenvalue weighted by Gasteiger charge is 2.50. The molecule has 13 nitrogen and oxygen atoms in total. The third-order valence-corrected chi connectivity index (χ3v) is 16.3. The van der Waals surface area contributed by atoms with Gasteiger partial charge in [-0.15, -0.1) is 11.5 Å². The fourth-order valence-corrected chi connectivity index (χ4v) is 12.7. The summed E-state index contributed by atoms with van der Waals surface area (Å²) in [6.07, 6.45) is 15.0. The molecule has 0 spiro atoms. The number of carbonyl (C=O) groups excluding carboxylic acids is 3. The van der Waals surface area contributed by atoms with Gasteiger partial charge in [0, 0.05) is 11.1 Å². The Morgan fingerprint density at radius 3 is 1.72 bits per heavy atom. The number of rotatable bonds is 24. The third kappa shape index (κ3) is 15.3. The molecule has 68 heavy (non-hydrogen) atoms. The minimum Gasteiger partial charge on any atom is -0.494 e. The van der Waals surface area contributed by atoms with Crippen LogP contribution in [0.2, 0.25) is 5.04 Å². The van der Waals surface area contributed by atoms with Crippen LogP contribution in [0.15, 0.2) is 103 Å². The van der Waals surface area contributed by atoms with Gasteiger partial charge in [0.1, 0.15) is 22.8 Å². The van der Waals surface area contributed by atoms with Crippen LogP contribution in [0.3, 0.4) is 0 Å². The lowest BCUT2D eigenvalue weighted by Gasteiger charge is -2.43. The molecular weight excluding hydrogens is 877 g/mol. The van der Waals surface area contributed by atoms with Crippen molar-refractivity contribution in [2.45, 2.75) is 116 Å². The predicted octanol–water partition coefficient (Wildman–Crippen LogP) is 9.55. The van der Waals surface area contributed by atoms with Crippen LogP contribution in [-0.2, 0) is 25.2 Å². The van der Waals surface area contributed by atoms with Crippen LogP contribution < -0.4 is 25.2 Å². The number of nitrogens with zero attached hydrogens (tertiary/aromatic N) is 3. The van der Waals surface area contributed by atoms with Crippen molar-refractivity contribution >= 4 is 36.7 Å². The van der Waals surface area contributed by atoms with Crippen LogP contribution in [0.25, 0.3) is 11.3 Å². The van der Waals surface area contributed by atoms with Gasteiger partial charge in [-0.2, -0.15) is 0 Å². The number of aromatic nitrogens is 3. The van der Waals surface area contributed by atoms with Crippen molar-refractivity contribution in [3.05, 3.63) is 120 Å². The molecule has 0 fully saturated rings. The van der Waals surface area contributed by atoms with E-state index < -0.39 is 38.0 Å². The number of hydrogen-bond donors (Lipinski definition) is 1. The van der Waals surface area contributed by atoms with Crippen molar-refractivity contribution in [1.29, 1.82) is 0 Å². The van der Waals surface area contributed by atoms with E-state index in [1.165, 1.54) is 14.2 Å². The number of benzene rings is 4. The largest absolute Gasteiger partial charge is 0.494 e. The maximum absolute atomic E-state index is 13.3. The number of ether oxygens (including phenoxy) is 5. The van der Waals surface area contributed by atoms with Gasteiger partial charge in [-0.1, -0.05) is 131 Å². The topological polar surface area (TPSA) is 149 Å². The minimum atomic E-state index is -2.96. The molecule has 0 saturated heterocycles. The highest BCUT2D eigenvalue weighted by Crippen LogP contribution is 2.37. The van der Waals surface area contributed by atoms with Gasteiger partial charge in [0.15, 0.2) is 0 Å². The average molecular weight is 945 g/mol. The first-order valence-corrected chi connectivity index (χ1v) is 25.3. The van der Waals surface area contributed by atoms with Gasteiger partial charge in [0.25, 0.3) is 8.32 Å². The summed E-state index contributed by atoms with van der Waals surface area (Å²) >= 11 is 0. The molecule has 0 aliphatic carbocycles. The molecule has 362 valence electrons. The van der Waals surface area contributed by atoms with Gasteiger partial charge in [0.2, 0.25) is 0 Å². The van der Waals surface area contributed by atoms with E-state index in [9.17, 15) is 14.4 Å². The molecule has 1 heterocycles. The Bertz CT molecular complexity index is 2400. The fraction of sp³-hybridized carbons (Fsp3) is 0.426. The summed E-state index contributed by atoms with van der Waals surface area (Å²) in [5.74, 6) is 2.69. The van der Waals surface area contributed by atoms with Crippen LogP contribution in [0.5, 0.6) is 11.5 Å². The lowest BCUT2D eigenvalue weighted by Crippen LogP contribution is -2.67. The van der Waals surface area contributed by atoms with E-state index in [-0.39, 0.29) is 18.2 Å². The molecule has 0 saturated carbocycles. The lowest BCUT2D eigenvalue weighted by molar-refractivity contribution is 0.0476. The van der Waals surface area contributed by atoms with Gasteiger partial charge in [0.05, 0.1) is 64.0 Å². The van der Waals surface area contributed by atoms with Crippen LogP contribution in [0.4, 0.5) is 4.79 Å². The quantitative estimate of drug-likeness (QED) is 0.0207. The zero-order valence-corrected chi connectivity index (χ0v) is 42.0. The lowest BCUT2D eigenvalue weighted by atomic mass is 10.1. The molecule has 0 aliphatic rings. The molecule has 14 heteroatoms. The van der Waals surface area contributed by atoms with Gasteiger partial charge in [-0.25, -0.2) is 19.1 Å². The Morgan fingerprint density at radius 1 is 0.706 bits per heavy atom. The number of methoxy groups -OCH3 is 2. The van der Waals surface area contributed by atoms with Gasteiger partial charge in [-0.3, -0.25) is 0 Å². The SMILES string of the molecule is C#Cc1cc(OCCCCCCCCCCOc2cc(C(=O)OC)cc(-c3cn(C[C@H](CO[Si](c4ccccc4)(c4ccccc4)C(C)(C)C)NC(=O)OC(C)(C)C)nn3)c2)cc(C(=O)OC)c1. The van der Waals surface area contributed by atoms with E-state index in [1.54, 1.807) is 41.2 Å². The first kappa shape index (κ1) is 52.5. The van der Waals surface area contributed by atoms with Crippen molar-refractivity contribution in [3.8, 4) is 35.1 Å². The second kappa shape index (κ2) is 25.1. The summed E-state index contributed by atoms with van der Waals surface area (Å²) in [5, 5.41) is 14.0. The highest BCUT2D eigenvalue weighted by molar-refractivity contribution is 6.99. The van der Waals surface area contributed by atoms with E-state index in [1.807, 2.05) is 63.2 Å². The average Bonchev–Trinajstić information content (AvgIpc) is 3.79. The molecule has 5 rings (SSSR count). The Labute approximate surface area is 403 Å². The highest BCUT2D eigenvalue weighted by atomic mass is 28.4. The normalized spacial score (nSPS) is 12.1. The summed E-state index contributed by atoms with van der Waals surface area (Å²) in [7, 11) is -0.281. The molecule has 1 aromatic heterocycles. The Balaban J connectivity index is 1.18. The smallest absolute Gasteiger partial charge is 0.408 e. The zero-order valence-electron chi connectivity index (χ0n) is 41.0. The summed E-state index contributed by atoms with van der Waals surface area (Å²) in [6, 6.07) is 30.4. The Kier molecular flexibility index (Phi) is 19.4. The van der Waals surface area contributed by atoms with Crippen molar-refractivity contribution < 1.29 is 42.5 Å². The first-order chi connectivity index (χ1) is 32.5. The summed E-state index contributed by atoms with van der Waals surface area (Å²) in [5.41, 5.74) is 1.71. The standard InChI is InChI=1S/C54H68N4O9Si/c1-10-40-31-42(50(59)62-8)35-45(32-40)64-29-23-15-13-11-12-14-16-24-30-65-46-34-41(33-43(36-46)51(60)63-9)49-38-58(57-56-49)37-44(55-52(61)67-53(2,3)4)39-66-68(54(5,6)7,47-25-19-17-20-26-47)48-27-21-18-22-28-48/h1,17-22,25-28,31-36,38,44H,11-16,23-24,29-30,37,39H2,2-9H3,(H,55,61)/t44-/m1/s1. The number of alkyl carbamates (subject to hydrolysis) is 1. The van der Waals surface area contributed by atoms with E-state index in [0.29, 0.717) is 52.7 Å². The monoisotopic (exact) mass is 944 g/mol.